The number of carbonyl (C=O) groups excluding carboxylic acids is 1. The van der Waals surface area contributed by atoms with Gasteiger partial charge >= 0.3 is 11.9 Å². The molecule has 2 atom stereocenters. The minimum atomic E-state index is -1.68. The van der Waals surface area contributed by atoms with Crippen molar-refractivity contribution in [2.75, 3.05) is 13.7 Å². The van der Waals surface area contributed by atoms with E-state index in [2.05, 4.69) is 4.98 Å². The molecule has 8 nitrogen and oxygen atoms in total. The quantitative estimate of drug-likeness (QED) is 0.200. The van der Waals surface area contributed by atoms with Crippen LogP contribution in [0.1, 0.15) is 43.9 Å². The van der Waals surface area contributed by atoms with Crippen LogP contribution >= 0.6 is 0 Å². The fourth-order valence-corrected chi connectivity index (χ4v) is 4.30. The van der Waals surface area contributed by atoms with Crippen molar-refractivity contribution in [3.8, 4) is 17.2 Å². The number of benzene rings is 3. The number of carbonyl (C=O) groups is 2. The molecule has 0 aliphatic rings. The Morgan fingerprint density at radius 1 is 0.925 bits per heavy atom. The maximum Gasteiger partial charge on any atom is 0.351 e. The Morgan fingerprint density at radius 3 is 2.40 bits per heavy atom. The summed E-state index contributed by atoms with van der Waals surface area (Å²) in [6.45, 7) is 3.34. The van der Waals surface area contributed by atoms with Crippen LogP contribution in [-0.2, 0) is 20.9 Å². The number of carboxylic acids is 1. The average molecular weight is 544 g/mol. The van der Waals surface area contributed by atoms with Gasteiger partial charge in [0.1, 0.15) is 30.5 Å². The number of fused-ring (bicyclic) bond motifs is 1. The van der Waals surface area contributed by atoms with Gasteiger partial charge in [-0.2, -0.15) is 0 Å². The Hall–Kier alpha value is -4.59. The maximum absolute atomic E-state index is 12.8. The Balaban J connectivity index is 1.59. The number of aliphatic carboxylic acids is 1. The van der Waals surface area contributed by atoms with Crippen LogP contribution in [0.5, 0.6) is 17.2 Å². The van der Waals surface area contributed by atoms with E-state index in [0.717, 1.165) is 23.0 Å². The molecule has 0 fully saturated rings. The van der Waals surface area contributed by atoms with Gasteiger partial charge in [0.15, 0.2) is 0 Å². The first-order valence-electron chi connectivity index (χ1n) is 13.1. The lowest BCUT2D eigenvalue weighted by Crippen LogP contribution is -2.47. The fraction of sp³-hybridized carbons (Fsp3) is 0.281. The van der Waals surface area contributed by atoms with Crippen molar-refractivity contribution in [2.24, 2.45) is 0 Å². The Bertz CT molecular complexity index is 1460. The van der Waals surface area contributed by atoms with Gasteiger partial charge < -0.3 is 24.1 Å². The smallest absolute Gasteiger partial charge is 0.351 e. The molecule has 8 heteroatoms. The Morgan fingerprint density at radius 2 is 1.68 bits per heavy atom. The highest BCUT2D eigenvalue weighted by atomic mass is 16.6. The Labute approximate surface area is 233 Å². The number of ether oxygens (including phenoxy) is 4. The van der Waals surface area contributed by atoms with Gasteiger partial charge in [-0.15, -0.1) is 0 Å². The molecule has 4 aromatic rings. The SMILES string of the molecule is CCCC(C(=O)OC)c1cc(OCc2ccc3ccccc3n2)ccc1OCC(C)(Oc1ccccc1)C(=O)O. The van der Waals surface area contributed by atoms with Gasteiger partial charge in [-0.05, 0) is 55.8 Å². The number of rotatable bonds is 13. The summed E-state index contributed by atoms with van der Waals surface area (Å²) in [5, 5.41) is 11.0. The zero-order valence-corrected chi connectivity index (χ0v) is 22.8. The zero-order chi connectivity index (χ0) is 28.5. The molecule has 1 heterocycles. The molecule has 0 aliphatic carbocycles. The molecular formula is C32H33NO7. The van der Waals surface area contributed by atoms with Gasteiger partial charge in [0.05, 0.1) is 24.2 Å². The van der Waals surface area contributed by atoms with Crippen LogP contribution in [-0.4, -0.2) is 41.3 Å². The predicted molar refractivity (Wildman–Crippen MR) is 151 cm³/mol. The highest BCUT2D eigenvalue weighted by Crippen LogP contribution is 2.35. The minimum absolute atomic E-state index is 0.225. The van der Waals surface area contributed by atoms with E-state index >= 15 is 0 Å². The van der Waals surface area contributed by atoms with Crippen LogP contribution < -0.4 is 14.2 Å². The highest BCUT2D eigenvalue weighted by Gasteiger charge is 2.38. The normalized spacial score (nSPS) is 13.2. The molecule has 3 aromatic carbocycles. The summed E-state index contributed by atoms with van der Waals surface area (Å²) in [6, 6.07) is 25.6. The summed E-state index contributed by atoms with van der Waals surface area (Å²) in [4.78, 5) is 29.6. The van der Waals surface area contributed by atoms with E-state index in [-0.39, 0.29) is 13.2 Å². The lowest BCUT2D eigenvalue weighted by molar-refractivity contribution is -0.156. The van der Waals surface area contributed by atoms with E-state index in [9.17, 15) is 14.7 Å². The number of nitrogens with zero attached hydrogens (tertiary/aromatic N) is 1. The molecule has 0 spiro atoms. The molecule has 40 heavy (non-hydrogen) atoms. The number of hydrogen-bond donors (Lipinski definition) is 1. The van der Waals surface area contributed by atoms with Crippen LogP contribution in [0.2, 0.25) is 0 Å². The fourth-order valence-electron chi connectivity index (χ4n) is 4.30. The third-order valence-corrected chi connectivity index (χ3v) is 6.50. The van der Waals surface area contributed by atoms with Gasteiger partial charge in [-0.3, -0.25) is 4.79 Å². The molecule has 4 rings (SSSR count). The number of pyridine rings is 1. The van der Waals surface area contributed by atoms with Gasteiger partial charge in [0.2, 0.25) is 5.60 Å². The molecule has 0 aliphatic heterocycles. The van der Waals surface area contributed by atoms with Gasteiger partial charge in [0, 0.05) is 10.9 Å². The molecular weight excluding hydrogens is 510 g/mol. The molecule has 0 saturated heterocycles. The molecule has 1 aromatic heterocycles. The predicted octanol–water partition coefficient (Wildman–Crippen LogP) is 6.17. The topological polar surface area (TPSA) is 104 Å². The second kappa shape index (κ2) is 13.0. The lowest BCUT2D eigenvalue weighted by atomic mass is 9.93. The highest BCUT2D eigenvalue weighted by molar-refractivity contribution is 5.80. The first-order chi connectivity index (χ1) is 19.3. The second-order valence-electron chi connectivity index (χ2n) is 9.59. The molecule has 0 amide bonds. The molecule has 0 bridgehead atoms. The molecule has 0 saturated carbocycles. The maximum atomic E-state index is 12.8. The third kappa shape index (κ3) is 6.88. The summed E-state index contributed by atoms with van der Waals surface area (Å²) in [5.74, 6) is -0.951. The van der Waals surface area contributed by atoms with E-state index in [0.29, 0.717) is 29.2 Å². The standard InChI is InChI=1S/C32H33NO7/c1-4-10-26(30(34)37-3)27-19-25(38-20-23-16-15-22-11-8-9-14-28(22)33-23)17-18-29(27)39-21-32(2,31(35)36)40-24-12-6-5-7-13-24/h5-9,11-19,26H,4,10,20-21H2,1-3H3,(H,35,36). The van der Waals surface area contributed by atoms with Crippen molar-refractivity contribution in [1.82, 2.24) is 4.98 Å². The minimum Gasteiger partial charge on any atom is -0.488 e. The van der Waals surface area contributed by atoms with Crippen molar-refractivity contribution < 1.29 is 33.6 Å². The van der Waals surface area contributed by atoms with Crippen molar-refractivity contribution >= 4 is 22.8 Å². The molecule has 1 N–H and O–H groups in total. The van der Waals surface area contributed by atoms with Gasteiger partial charge in [0.25, 0.3) is 0 Å². The van der Waals surface area contributed by atoms with E-state index in [1.54, 1.807) is 42.5 Å². The van der Waals surface area contributed by atoms with Crippen molar-refractivity contribution in [3.05, 3.63) is 96.2 Å². The van der Waals surface area contributed by atoms with Crippen molar-refractivity contribution in [1.29, 1.82) is 0 Å². The van der Waals surface area contributed by atoms with Crippen LogP contribution in [0.15, 0.2) is 84.9 Å². The second-order valence-corrected chi connectivity index (χ2v) is 9.59. The lowest BCUT2D eigenvalue weighted by Gasteiger charge is -2.27. The van der Waals surface area contributed by atoms with Crippen LogP contribution in [0.4, 0.5) is 0 Å². The van der Waals surface area contributed by atoms with E-state index in [1.807, 2.05) is 49.4 Å². The Kier molecular flexibility index (Phi) is 9.22. The van der Waals surface area contributed by atoms with Crippen molar-refractivity contribution in [2.45, 2.75) is 44.8 Å². The van der Waals surface area contributed by atoms with Crippen LogP contribution in [0, 0.1) is 0 Å². The molecule has 208 valence electrons. The number of carboxylic acid groups (broad SMARTS) is 1. The van der Waals surface area contributed by atoms with E-state index in [1.165, 1.54) is 14.0 Å². The van der Waals surface area contributed by atoms with Gasteiger partial charge in [-0.25, -0.2) is 9.78 Å². The average Bonchev–Trinajstić information content (AvgIpc) is 2.98. The third-order valence-electron chi connectivity index (χ3n) is 6.50. The summed E-state index contributed by atoms with van der Waals surface area (Å²) in [5.41, 5.74) is 0.501. The van der Waals surface area contributed by atoms with Crippen LogP contribution in [0.25, 0.3) is 10.9 Å². The first-order valence-corrected chi connectivity index (χ1v) is 13.1. The number of para-hydroxylation sites is 2. The van der Waals surface area contributed by atoms with Crippen LogP contribution in [0.3, 0.4) is 0 Å². The van der Waals surface area contributed by atoms with Gasteiger partial charge in [-0.1, -0.05) is 55.8 Å². The number of aromatic nitrogens is 1. The molecule has 2 unspecified atom stereocenters. The largest absolute Gasteiger partial charge is 0.488 e. The molecule has 0 radical (unpaired) electrons. The number of esters is 1. The monoisotopic (exact) mass is 543 g/mol. The summed E-state index contributed by atoms with van der Waals surface area (Å²) in [6.07, 6.45) is 1.23. The van der Waals surface area contributed by atoms with E-state index < -0.39 is 23.5 Å². The summed E-state index contributed by atoms with van der Waals surface area (Å²) in [7, 11) is 1.34. The zero-order valence-electron chi connectivity index (χ0n) is 22.8. The van der Waals surface area contributed by atoms with Crippen molar-refractivity contribution in [3.63, 3.8) is 0 Å². The van der Waals surface area contributed by atoms with E-state index in [4.69, 9.17) is 18.9 Å². The summed E-state index contributed by atoms with van der Waals surface area (Å²) < 4.78 is 23.0. The summed E-state index contributed by atoms with van der Waals surface area (Å²) >= 11 is 0. The first kappa shape index (κ1) is 28.4. The number of methoxy groups -OCH3 is 1. The number of hydrogen-bond acceptors (Lipinski definition) is 7.